The fraction of sp³-hybridized carbons (Fsp3) is 0.250. The highest BCUT2D eigenvalue weighted by Gasteiger charge is 2.32. The topological polar surface area (TPSA) is 46.6 Å². The van der Waals surface area contributed by atoms with Gasteiger partial charge in [-0.05, 0) is 39.7 Å². The van der Waals surface area contributed by atoms with Crippen molar-refractivity contribution < 1.29 is 14.3 Å². The van der Waals surface area contributed by atoms with Gasteiger partial charge in [0.25, 0.3) is 5.91 Å². The number of rotatable bonds is 3. The maximum absolute atomic E-state index is 12.5. The van der Waals surface area contributed by atoms with Crippen LogP contribution in [0.1, 0.15) is 20.8 Å². The third kappa shape index (κ3) is 3.08. The smallest absolute Gasteiger partial charge is 0.339 e. The van der Waals surface area contributed by atoms with Crippen molar-refractivity contribution in [2.75, 3.05) is 7.05 Å². The normalized spacial score (nSPS) is 16.8. The molecule has 6 heteroatoms. The Morgan fingerprint density at radius 3 is 2.86 bits per heavy atom. The molecule has 0 aliphatic carbocycles. The van der Waals surface area contributed by atoms with Crippen molar-refractivity contribution in [1.29, 1.82) is 0 Å². The molecule has 1 amide bonds. The lowest BCUT2D eigenvalue weighted by molar-refractivity contribution is -0.140. The molecular weight excluding hydrogens is 366 g/mol. The summed E-state index contributed by atoms with van der Waals surface area (Å²) in [5.74, 6) is -0.597. The van der Waals surface area contributed by atoms with E-state index in [-0.39, 0.29) is 5.91 Å². The van der Waals surface area contributed by atoms with Crippen LogP contribution in [0.25, 0.3) is 0 Å². The second kappa shape index (κ2) is 6.22. The number of fused-ring (bicyclic) bond motifs is 1. The SMILES string of the molecule is CN(Cc1ccc(Br)s1)C(=O)C1Cc2ccccc2C(=O)O1. The number of hydrogen-bond donors (Lipinski definition) is 0. The monoisotopic (exact) mass is 379 g/mol. The number of hydrogen-bond acceptors (Lipinski definition) is 4. The lowest BCUT2D eigenvalue weighted by Crippen LogP contribution is -2.42. The maximum Gasteiger partial charge on any atom is 0.339 e. The number of carbonyl (C=O) groups is 2. The van der Waals surface area contributed by atoms with Gasteiger partial charge in [-0.1, -0.05) is 18.2 Å². The van der Waals surface area contributed by atoms with Crippen LogP contribution in [0.5, 0.6) is 0 Å². The number of cyclic esters (lactones) is 1. The molecule has 1 atom stereocenters. The molecule has 22 heavy (non-hydrogen) atoms. The summed E-state index contributed by atoms with van der Waals surface area (Å²) in [5.41, 5.74) is 1.42. The Morgan fingerprint density at radius 2 is 2.14 bits per heavy atom. The summed E-state index contributed by atoms with van der Waals surface area (Å²) < 4.78 is 6.33. The van der Waals surface area contributed by atoms with Gasteiger partial charge in [-0.15, -0.1) is 11.3 Å². The van der Waals surface area contributed by atoms with Gasteiger partial charge in [0.15, 0.2) is 6.10 Å². The second-order valence-corrected chi connectivity index (χ2v) is 7.70. The van der Waals surface area contributed by atoms with Crippen LogP contribution in [0.2, 0.25) is 0 Å². The lowest BCUT2D eigenvalue weighted by Gasteiger charge is -2.27. The standard InChI is InChI=1S/C16H14BrNO3S/c1-18(9-11-6-7-14(17)22-11)15(19)13-8-10-4-2-3-5-12(10)16(20)21-13/h2-7,13H,8-9H2,1H3. The second-order valence-electron chi connectivity index (χ2n) is 5.16. The number of likely N-dealkylation sites (N-methyl/N-ethyl adjacent to an activating group) is 1. The number of carbonyl (C=O) groups excluding carboxylic acids is 2. The van der Waals surface area contributed by atoms with Gasteiger partial charge in [0.2, 0.25) is 0 Å². The van der Waals surface area contributed by atoms with Crippen molar-refractivity contribution in [3.63, 3.8) is 0 Å². The fourth-order valence-corrected chi connectivity index (χ4v) is 4.00. The van der Waals surface area contributed by atoms with Crippen molar-refractivity contribution in [3.05, 3.63) is 56.2 Å². The quantitative estimate of drug-likeness (QED) is 0.768. The van der Waals surface area contributed by atoms with Crippen molar-refractivity contribution in [2.45, 2.75) is 19.1 Å². The molecule has 0 saturated heterocycles. The van der Waals surface area contributed by atoms with E-state index in [2.05, 4.69) is 15.9 Å². The highest BCUT2D eigenvalue weighted by atomic mass is 79.9. The third-order valence-electron chi connectivity index (χ3n) is 3.57. The van der Waals surface area contributed by atoms with Crippen LogP contribution in [-0.4, -0.2) is 29.9 Å². The van der Waals surface area contributed by atoms with Gasteiger partial charge < -0.3 is 9.64 Å². The Balaban J connectivity index is 1.72. The molecule has 4 nitrogen and oxygen atoms in total. The van der Waals surface area contributed by atoms with Gasteiger partial charge in [0.1, 0.15) is 0 Å². The van der Waals surface area contributed by atoms with Crippen molar-refractivity contribution in [2.24, 2.45) is 0 Å². The summed E-state index contributed by atoms with van der Waals surface area (Å²) in [6, 6.07) is 11.2. The zero-order chi connectivity index (χ0) is 15.7. The minimum Gasteiger partial charge on any atom is -0.448 e. The molecule has 2 aromatic rings. The number of ether oxygens (including phenoxy) is 1. The summed E-state index contributed by atoms with van der Waals surface area (Å²) in [5, 5.41) is 0. The van der Waals surface area contributed by atoms with E-state index in [1.54, 1.807) is 35.4 Å². The van der Waals surface area contributed by atoms with E-state index >= 15 is 0 Å². The van der Waals surface area contributed by atoms with Gasteiger partial charge in [0.05, 0.1) is 15.9 Å². The van der Waals surface area contributed by atoms with Gasteiger partial charge in [-0.3, -0.25) is 4.79 Å². The molecule has 0 fully saturated rings. The molecule has 0 saturated carbocycles. The van der Waals surface area contributed by atoms with Crippen molar-refractivity contribution in [1.82, 2.24) is 4.90 Å². The van der Waals surface area contributed by atoms with Crippen molar-refractivity contribution in [3.8, 4) is 0 Å². The number of halogens is 1. The molecule has 0 radical (unpaired) electrons. The molecule has 1 aliphatic heterocycles. The zero-order valence-electron chi connectivity index (χ0n) is 11.9. The largest absolute Gasteiger partial charge is 0.448 e. The molecule has 3 rings (SSSR count). The molecule has 1 aromatic heterocycles. The molecule has 0 bridgehead atoms. The molecule has 1 aliphatic rings. The summed E-state index contributed by atoms with van der Waals surface area (Å²) in [6.45, 7) is 0.505. The summed E-state index contributed by atoms with van der Waals surface area (Å²) >= 11 is 4.99. The lowest BCUT2D eigenvalue weighted by atomic mass is 9.98. The Hall–Kier alpha value is -1.66. The Morgan fingerprint density at radius 1 is 1.36 bits per heavy atom. The van der Waals surface area contributed by atoms with E-state index < -0.39 is 12.1 Å². The average molecular weight is 380 g/mol. The van der Waals surface area contributed by atoms with Crippen LogP contribution in [0.4, 0.5) is 0 Å². The average Bonchev–Trinajstić information content (AvgIpc) is 2.91. The van der Waals surface area contributed by atoms with Crippen LogP contribution in [-0.2, 0) is 22.5 Å². The van der Waals surface area contributed by atoms with Crippen LogP contribution < -0.4 is 0 Å². The Labute approximate surface area is 140 Å². The minimum atomic E-state index is -0.740. The Bertz CT molecular complexity index is 728. The molecule has 0 spiro atoms. The summed E-state index contributed by atoms with van der Waals surface area (Å²) in [6.07, 6.45) is -0.310. The highest BCUT2D eigenvalue weighted by molar-refractivity contribution is 9.11. The summed E-state index contributed by atoms with van der Waals surface area (Å²) in [7, 11) is 1.73. The minimum absolute atomic E-state index is 0.174. The molecule has 1 unspecified atom stereocenters. The number of benzene rings is 1. The molecular formula is C16H14BrNO3S. The van der Waals surface area contributed by atoms with Gasteiger partial charge >= 0.3 is 5.97 Å². The fourth-order valence-electron chi connectivity index (χ4n) is 2.46. The van der Waals surface area contributed by atoms with Crippen molar-refractivity contribution >= 4 is 39.1 Å². The number of thiophene rings is 1. The predicted molar refractivity (Wildman–Crippen MR) is 87.8 cm³/mol. The number of amides is 1. The van der Waals surface area contributed by atoms with E-state index in [4.69, 9.17) is 4.74 Å². The van der Waals surface area contributed by atoms with Crippen LogP contribution in [0.3, 0.4) is 0 Å². The summed E-state index contributed by atoms with van der Waals surface area (Å²) in [4.78, 5) is 27.2. The molecule has 1 aromatic carbocycles. The predicted octanol–water partition coefficient (Wildman–Crippen LogP) is 3.25. The van der Waals surface area contributed by atoms with E-state index in [0.717, 1.165) is 14.2 Å². The van der Waals surface area contributed by atoms with E-state index in [1.807, 2.05) is 24.3 Å². The Kier molecular flexibility index (Phi) is 4.31. The van der Waals surface area contributed by atoms with Crippen LogP contribution in [0, 0.1) is 0 Å². The first-order valence-corrected chi connectivity index (χ1v) is 8.43. The molecule has 114 valence electrons. The molecule has 0 N–H and O–H groups in total. The first-order valence-electron chi connectivity index (χ1n) is 6.82. The first-order chi connectivity index (χ1) is 10.5. The van der Waals surface area contributed by atoms with E-state index in [0.29, 0.717) is 18.5 Å². The van der Waals surface area contributed by atoms with E-state index in [1.165, 1.54) is 0 Å². The molecule has 2 heterocycles. The maximum atomic E-state index is 12.5. The number of esters is 1. The van der Waals surface area contributed by atoms with Gasteiger partial charge in [-0.25, -0.2) is 4.79 Å². The third-order valence-corrected chi connectivity index (χ3v) is 5.17. The first kappa shape index (κ1) is 15.2. The van der Waals surface area contributed by atoms with E-state index in [9.17, 15) is 9.59 Å². The number of nitrogens with zero attached hydrogens (tertiary/aromatic N) is 1. The zero-order valence-corrected chi connectivity index (χ0v) is 14.3. The van der Waals surface area contributed by atoms with Gasteiger partial charge in [-0.2, -0.15) is 0 Å². The van der Waals surface area contributed by atoms with Crippen LogP contribution in [0.15, 0.2) is 40.2 Å². The highest BCUT2D eigenvalue weighted by Crippen LogP contribution is 2.25. The van der Waals surface area contributed by atoms with Gasteiger partial charge in [0, 0.05) is 18.3 Å². The van der Waals surface area contributed by atoms with Crippen LogP contribution >= 0.6 is 27.3 Å².